The second-order valence-electron chi connectivity index (χ2n) is 8.87. The molecule has 0 amide bonds. The zero-order valence-corrected chi connectivity index (χ0v) is 20.3. The van der Waals surface area contributed by atoms with Crippen LogP contribution in [0, 0.1) is 12.3 Å². The summed E-state index contributed by atoms with van der Waals surface area (Å²) in [5, 5.41) is 10.5. The van der Waals surface area contributed by atoms with Crippen molar-refractivity contribution in [1.82, 2.24) is 0 Å². The Bertz CT molecular complexity index is 364. The van der Waals surface area contributed by atoms with Crippen LogP contribution in [0.4, 0.5) is 0 Å². The first-order valence-electron chi connectivity index (χ1n) is 13.0. The van der Waals surface area contributed by atoms with Gasteiger partial charge in [-0.15, -0.1) is 12.3 Å². The van der Waals surface area contributed by atoms with Gasteiger partial charge < -0.3 is 14.6 Å². The summed E-state index contributed by atoms with van der Waals surface area (Å²) in [6.45, 7) is 2.55. The first kappa shape index (κ1) is 29.4. The molecule has 0 aliphatic heterocycles. The summed E-state index contributed by atoms with van der Waals surface area (Å²) in [5.41, 5.74) is 0. The van der Waals surface area contributed by atoms with Gasteiger partial charge in [0.2, 0.25) is 0 Å². The van der Waals surface area contributed by atoms with E-state index >= 15 is 0 Å². The SMILES string of the molecule is C#CCCCCCCC[C@@H](O)[C@@H](CCCCCCCCCCCCCC)OCOC. The van der Waals surface area contributed by atoms with Crippen molar-refractivity contribution in [3.63, 3.8) is 0 Å². The highest BCUT2D eigenvalue weighted by atomic mass is 16.7. The zero-order valence-electron chi connectivity index (χ0n) is 20.3. The van der Waals surface area contributed by atoms with Gasteiger partial charge in [-0.25, -0.2) is 0 Å². The van der Waals surface area contributed by atoms with Crippen molar-refractivity contribution in [3.05, 3.63) is 0 Å². The van der Waals surface area contributed by atoms with Crippen LogP contribution in [0.5, 0.6) is 0 Å². The molecule has 0 aromatic rings. The number of rotatable bonds is 24. The molecule has 30 heavy (non-hydrogen) atoms. The smallest absolute Gasteiger partial charge is 0.146 e. The number of hydrogen-bond acceptors (Lipinski definition) is 3. The monoisotopic (exact) mass is 424 g/mol. The Hall–Kier alpha value is -0.560. The molecular weight excluding hydrogens is 372 g/mol. The van der Waals surface area contributed by atoms with Gasteiger partial charge >= 0.3 is 0 Å². The predicted octanol–water partition coefficient (Wildman–Crippen LogP) is 7.79. The van der Waals surface area contributed by atoms with E-state index in [2.05, 4.69) is 12.8 Å². The average Bonchev–Trinajstić information content (AvgIpc) is 2.75. The van der Waals surface area contributed by atoms with Crippen molar-refractivity contribution < 1.29 is 14.6 Å². The van der Waals surface area contributed by atoms with Gasteiger partial charge in [-0.3, -0.25) is 0 Å². The molecule has 0 rings (SSSR count). The van der Waals surface area contributed by atoms with Crippen LogP contribution in [0.25, 0.3) is 0 Å². The normalized spacial score (nSPS) is 13.3. The standard InChI is InChI=1S/C27H52O3/c1-4-6-8-10-12-13-14-15-16-18-20-22-24-27(30-25-29-3)26(28)23-21-19-17-11-9-7-5-2/h2,26-28H,4,6-25H2,1,3H3/t26-,27-/m1/s1. The van der Waals surface area contributed by atoms with E-state index in [4.69, 9.17) is 15.9 Å². The number of ether oxygens (including phenoxy) is 2. The molecule has 0 aromatic heterocycles. The lowest BCUT2D eigenvalue weighted by Gasteiger charge is -2.23. The average molecular weight is 425 g/mol. The summed E-state index contributed by atoms with van der Waals surface area (Å²) >= 11 is 0. The largest absolute Gasteiger partial charge is 0.390 e. The summed E-state index contributed by atoms with van der Waals surface area (Å²) in [6.07, 6.45) is 29.4. The van der Waals surface area contributed by atoms with Gasteiger partial charge in [-0.1, -0.05) is 110 Å². The summed E-state index contributed by atoms with van der Waals surface area (Å²) in [7, 11) is 1.64. The van der Waals surface area contributed by atoms with E-state index < -0.39 is 0 Å². The number of unbranched alkanes of at least 4 members (excludes halogenated alkanes) is 16. The van der Waals surface area contributed by atoms with Gasteiger partial charge in [0.25, 0.3) is 0 Å². The van der Waals surface area contributed by atoms with Crippen molar-refractivity contribution in [1.29, 1.82) is 0 Å². The fourth-order valence-corrected chi connectivity index (χ4v) is 4.03. The summed E-state index contributed by atoms with van der Waals surface area (Å²) in [5.74, 6) is 2.69. The Kier molecular flexibility index (Phi) is 24.2. The molecule has 178 valence electrons. The van der Waals surface area contributed by atoms with E-state index in [0.717, 1.165) is 44.9 Å². The number of methoxy groups -OCH3 is 1. The van der Waals surface area contributed by atoms with Crippen molar-refractivity contribution in [2.75, 3.05) is 13.9 Å². The van der Waals surface area contributed by atoms with Crippen LogP contribution >= 0.6 is 0 Å². The van der Waals surface area contributed by atoms with E-state index in [9.17, 15) is 5.11 Å². The van der Waals surface area contributed by atoms with Crippen molar-refractivity contribution in [2.24, 2.45) is 0 Å². The van der Waals surface area contributed by atoms with Crippen LogP contribution in [0.3, 0.4) is 0 Å². The minimum absolute atomic E-state index is 0.0884. The van der Waals surface area contributed by atoms with Crippen LogP contribution in [0.15, 0.2) is 0 Å². The van der Waals surface area contributed by atoms with Gasteiger partial charge in [0.1, 0.15) is 6.79 Å². The third kappa shape index (κ3) is 20.7. The van der Waals surface area contributed by atoms with E-state index in [1.165, 1.54) is 83.5 Å². The lowest BCUT2D eigenvalue weighted by molar-refractivity contribution is -0.117. The minimum atomic E-state index is -0.376. The highest BCUT2D eigenvalue weighted by Crippen LogP contribution is 2.18. The molecule has 0 bridgehead atoms. The molecular formula is C27H52O3. The number of hydrogen-bond donors (Lipinski definition) is 1. The molecule has 0 aromatic carbocycles. The van der Waals surface area contributed by atoms with E-state index in [1.54, 1.807) is 7.11 Å². The Morgan fingerprint density at radius 3 is 1.67 bits per heavy atom. The molecule has 0 aliphatic rings. The lowest BCUT2D eigenvalue weighted by Crippen LogP contribution is -2.29. The fraction of sp³-hybridized carbons (Fsp3) is 0.926. The van der Waals surface area contributed by atoms with Crippen LogP contribution in [0.2, 0.25) is 0 Å². The van der Waals surface area contributed by atoms with Gasteiger partial charge in [-0.2, -0.15) is 0 Å². The van der Waals surface area contributed by atoms with Gasteiger partial charge in [0.05, 0.1) is 12.2 Å². The Morgan fingerprint density at radius 2 is 1.17 bits per heavy atom. The minimum Gasteiger partial charge on any atom is -0.390 e. The number of aliphatic hydroxyl groups is 1. The molecule has 0 unspecified atom stereocenters. The third-order valence-corrected chi connectivity index (χ3v) is 5.99. The molecule has 0 radical (unpaired) electrons. The summed E-state index contributed by atoms with van der Waals surface area (Å²) in [6, 6.07) is 0. The maximum absolute atomic E-state index is 10.5. The Labute approximate surface area is 188 Å². The molecule has 2 atom stereocenters. The second-order valence-corrected chi connectivity index (χ2v) is 8.87. The first-order chi connectivity index (χ1) is 14.8. The van der Waals surface area contributed by atoms with Crippen molar-refractivity contribution in [2.45, 2.75) is 148 Å². The van der Waals surface area contributed by atoms with Gasteiger partial charge in [0.15, 0.2) is 0 Å². The Morgan fingerprint density at radius 1 is 0.700 bits per heavy atom. The quantitative estimate of drug-likeness (QED) is 0.0976. The van der Waals surface area contributed by atoms with E-state index in [0.29, 0.717) is 0 Å². The molecule has 0 aliphatic carbocycles. The van der Waals surface area contributed by atoms with Crippen molar-refractivity contribution in [3.8, 4) is 12.3 Å². The van der Waals surface area contributed by atoms with Crippen LogP contribution in [-0.4, -0.2) is 31.2 Å². The summed E-state index contributed by atoms with van der Waals surface area (Å²) < 4.78 is 10.8. The third-order valence-electron chi connectivity index (χ3n) is 5.99. The molecule has 0 heterocycles. The Balaban J connectivity index is 3.69. The maximum Gasteiger partial charge on any atom is 0.146 e. The zero-order chi connectivity index (χ0) is 22.1. The summed E-state index contributed by atoms with van der Waals surface area (Å²) in [4.78, 5) is 0. The molecule has 3 heteroatoms. The molecule has 0 spiro atoms. The fourth-order valence-electron chi connectivity index (χ4n) is 4.03. The van der Waals surface area contributed by atoms with Gasteiger partial charge in [0, 0.05) is 13.5 Å². The number of terminal acetylenes is 1. The van der Waals surface area contributed by atoms with E-state index in [1.807, 2.05) is 0 Å². The lowest BCUT2D eigenvalue weighted by atomic mass is 9.99. The molecule has 0 saturated heterocycles. The molecule has 0 saturated carbocycles. The van der Waals surface area contributed by atoms with Crippen molar-refractivity contribution >= 4 is 0 Å². The number of aliphatic hydroxyl groups excluding tert-OH is 1. The molecule has 0 fully saturated rings. The second kappa shape index (κ2) is 24.7. The van der Waals surface area contributed by atoms with Gasteiger partial charge in [-0.05, 0) is 19.3 Å². The van der Waals surface area contributed by atoms with E-state index in [-0.39, 0.29) is 19.0 Å². The predicted molar refractivity (Wildman–Crippen MR) is 130 cm³/mol. The maximum atomic E-state index is 10.5. The topological polar surface area (TPSA) is 38.7 Å². The van der Waals surface area contributed by atoms with Crippen LogP contribution in [0.1, 0.15) is 135 Å². The highest BCUT2D eigenvalue weighted by Gasteiger charge is 2.19. The molecule has 1 N–H and O–H groups in total. The van der Waals surface area contributed by atoms with Crippen LogP contribution in [-0.2, 0) is 9.47 Å². The highest BCUT2D eigenvalue weighted by molar-refractivity contribution is 4.82. The molecule has 3 nitrogen and oxygen atoms in total. The van der Waals surface area contributed by atoms with Crippen LogP contribution < -0.4 is 0 Å². The first-order valence-corrected chi connectivity index (χ1v) is 13.0.